The molecule has 4 heterocycles. The van der Waals surface area contributed by atoms with Gasteiger partial charge in [-0.3, -0.25) is 19.9 Å². The Morgan fingerprint density at radius 2 is 2.00 bits per heavy atom. The van der Waals surface area contributed by atoms with Crippen LogP contribution in [-0.4, -0.2) is 38.1 Å². The van der Waals surface area contributed by atoms with E-state index in [4.69, 9.17) is 4.52 Å². The summed E-state index contributed by atoms with van der Waals surface area (Å²) in [6.07, 6.45) is -0.400. The summed E-state index contributed by atoms with van der Waals surface area (Å²) in [6, 6.07) is 4.07. The van der Waals surface area contributed by atoms with Crippen molar-refractivity contribution in [3.63, 3.8) is 0 Å². The van der Waals surface area contributed by atoms with Gasteiger partial charge in [-0.05, 0) is 37.5 Å². The number of rotatable bonds is 4. The molecule has 0 saturated carbocycles. The van der Waals surface area contributed by atoms with Crippen molar-refractivity contribution < 1.29 is 22.6 Å². The van der Waals surface area contributed by atoms with E-state index in [1.165, 1.54) is 0 Å². The molecule has 0 bridgehead atoms. The fourth-order valence-corrected chi connectivity index (χ4v) is 5.46. The highest BCUT2D eigenvalue weighted by atomic mass is 32.1. The number of aryl methyl sites for hydroxylation is 1. The molecule has 0 unspecified atom stereocenters. The number of alkyl halides is 3. The van der Waals surface area contributed by atoms with Crippen molar-refractivity contribution in [1.82, 2.24) is 20.1 Å². The topological polar surface area (TPSA) is 128 Å². The van der Waals surface area contributed by atoms with Crippen LogP contribution < -0.4 is 10.5 Å². The zero-order valence-corrected chi connectivity index (χ0v) is 19.5. The number of hydrogen-bond acceptors (Lipinski definition) is 10. The molecule has 0 aliphatic carbocycles. The number of hydrogen-bond donors (Lipinski definition) is 0. The predicted molar refractivity (Wildman–Crippen MR) is 124 cm³/mol. The molecule has 10 nitrogen and oxygen atoms in total. The molecule has 14 heteroatoms. The van der Waals surface area contributed by atoms with Crippen molar-refractivity contribution in [2.75, 3.05) is 18.0 Å². The summed E-state index contributed by atoms with van der Waals surface area (Å²) in [7, 11) is 0. The minimum Gasteiger partial charge on any atom is -0.348 e. The first-order valence-corrected chi connectivity index (χ1v) is 11.6. The molecule has 186 valence electrons. The van der Waals surface area contributed by atoms with Gasteiger partial charge in [-0.2, -0.15) is 23.1 Å². The Morgan fingerprint density at radius 1 is 1.25 bits per heavy atom. The molecular weight excluding hydrogens is 501 g/mol. The van der Waals surface area contributed by atoms with E-state index in [1.807, 2.05) is 6.07 Å². The maximum absolute atomic E-state index is 13.4. The molecule has 0 amide bonds. The Balaban J connectivity index is 1.42. The normalized spacial score (nSPS) is 14.9. The van der Waals surface area contributed by atoms with E-state index < -0.39 is 27.9 Å². The number of nitrogens with zero attached hydrogens (tertiary/aromatic N) is 6. The lowest BCUT2D eigenvalue weighted by molar-refractivity contribution is -0.383. The molecule has 1 aliphatic rings. The van der Waals surface area contributed by atoms with Crippen molar-refractivity contribution in [2.45, 2.75) is 31.9 Å². The highest BCUT2D eigenvalue weighted by Crippen LogP contribution is 2.41. The van der Waals surface area contributed by atoms with Gasteiger partial charge >= 0.3 is 6.18 Å². The van der Waals surface area contributed by atoms with Gasteiger partial charge in [0, 0.05) is 43.0 Å². The van der Waals surface area contributed by atoms with Crippen LogP contribution in [-0.2, 0) is 6.18 Å². The standard InChI is InChI=1S/C22H17F3N6O4S/c1-11-14(22(23,24)25)9-15(31(33)34)17-16(11)19(32)28-21(36-17)30-7-4-12(5-8-30)20-27-18(29-35-20)13-3-2-6-26-10-13/h2-3,6,9-10,12H,4-5,7-8H2,1H3. The zero-order chi connectivity index (χ0) is 25.6. The first kappa shape index (κ1) is 23.8. The molecule has 1 fully saturated rings. The SMILES string of the molecule is Cc1c(C(F)(F)F)cc([N+](=O)[O-])c2sc(N3CCC(c4nc(-c5cccnc5)no4)CC3)nc(=O)c12. The third kappa shape index (κ3) is 4.27. The van der Waals surface area contributed by atoms with Crippen molar-refractivity contribution in [3.05, 3.63) is 68.1 Å². The maximum Gasteiger partial charge on any atom is 0.416 e. The summed E-state index contributed by atoms with van der Waals surface area (Å²) < 4.78 is 45.6. The number of aromatic nitrogens is 4. The van der Waals surface area contributed by atoms with E-state index in [0.717, 1.165) is 23.8 Å². The number of anilines is 1. The Morgan fingerprint density at radius 3 is 2.64 bits per heavy atom. The van der Waals surface area contributed by atoms with Gasteiger partial charge in [0.05, 0.1) is 15.9 Å². The molecule has 3 aromatic heterocycles. The second-order valence-corrected chi connectivity index (χ2v) is 9.27. The van der Waals surface area contributed by atoms with Crippen LogP contribution in [0.15, 0.2) is 39.9 Å². The van der Waals surface area contributed by atoms with Crippen LogP contribution >= 0.6 is 11.3 Å². The number of nitro benzene ring substituents is 1. The Labute approximate surface area is 204 Å². The van der Waals surface area contributed by atoms with Crippen LogP contribution in [0.25, 0.3) is 21.5 Å². The fourth-order valence-electron chi connectivity index (χ4n) is 4.26. The summed E-state index contributed by atoms with van der Waals surface area (Å²) in [5.74, 6) is 0.859. The molecule has 36 heavy (non-hydrogen) atoms. The third-order valence-corrected chi connectivity index (χ3v) is 7.25. The number of non-ortho nitro benzene ring substituents is 1. The lowest BCUT2D eigenvalue weighted by Crippen LogP contribution is -2.34. The quantitative estimate of drug-likeness (QED) is 0.278. The summed E-state index contributed by atoms with van der Waals surface area (Å²) in [5, 5.41) is 15.4. The van der Waals surface area contributed by atoms with E-state index in [9.17, 15) is 28.1 Å². The van der Waals surface area contributed by atoms with Gasteiger partial charge in [-0.25, -0.2) is 0 Å². The highest BCUT2D eigenvalue weighted by molar-refractivity contribution is 7.22. The van der Waals surface area contributed by atoms with Crippen LogP contribution in [0.3, 0.4) is 0 Å². The molecule has 1 saturated heterocycles. The van der Waals surface area contributed by atoms with Crippen LogP contribution in [0.5, 0.6) is 0 Å². The lowest BCUT2D eigenvalue weighted by Gasteiger charge is -2.30. The molecule has 0 N–H and O–H groups in total. The molecule has 4 aromatic rings. The predicted octanol–water partition coefficient (Wildman–Crippen LogP) is 4.72. The number of nitro groups is 1. The highest BCUT2D eigenvalue weighted by Gasteiger charge is 2.37. The first-order chi connectivity index (χ1) is 17.1. The van der Waals surface area contributed by atoms with Crippen molar-refractivity contribution in [1.29, 1.82) is 0 Å². The van der Waals surface area contributed by atoms with Crippen molar-refractivity contribution in [3.8, 4) is 11.4 Å². The second kappa shape index (κ2) is 8.93. The molecule has 1 aromatic carbocycles. The van der Waals surface area contributed by atoms with Crippen LogP contribution in [0.1, 0.15) is 35.8 Å². The third-order valence-electron chi connectivity index (χ3n) is 6.10. The molecular formula is C22H17F3N6O4S. The summed E-state index contributed by atoms with van der Waals surface area (Å²) >= 11 is 0.842. The first-order valence-electron chi connectivity index (χ1n) is 10.8. The number of pyridine rings is 1. The zero-order valence-electron chi connectivity index (χ0n) is 18.7. The van der Waals surface area contributed by atoms with Crippen molar-refractivity contribution in [2.24, 2.45) is 0 Å². The Bertz CT molecular complexity index is 1510. The Hall–Kier alpha value is -3.94. The van der Waals surface area contributed by atoms with E-state index in [-0.39, 0.29) is 26.7 Å². The fraction of sp³-hybridized carbons (Fsp3) is 0.318. The van der Waals surface area contributed by atoms with Gasteiger partial charge < -0.3 is 9.42 Å². The van der Waals surface area contributed by atoms with Gasteiger partial charge in [0.15, 0.2) is 5.13 Å². The number of halogens is 3. The monoisotopic (exact) mass is 518 g/mol. The van der Waals surface area contributed by atoms with Gasteiger partial charge in [-0.15, -0.1) is 0 Å². The average molecular weight is 518 g/mol. The van der Waals surface area contributed by atoms with Crippen LogP contribution in [0.2, 0.25) is 0 Å². The minimum atomic E-state index is -4.84. The summed E-state index contributed by atoms with van der Waals surface area (Å²) in [5.41, 5.74) is -2.56. The van der Waals surface area contributed by atoms with Gasteiger partial charge in [0.1, 0.15) is 4.70 Å². The van der Waals surface area contributed by atoms with E-state index in [1.54, 1.807) is 23.4 Å². The Kier molecular flexibility index (Phi) is 5.90. The second-order valence-electron chi connectivity index (χ2n) is 8.29. The van der Waals surface area contributed by atoms with Gasteiger partial charge in [0.25, 0.3) is 11.2 Å². The number of benzene rings is 1. The van der Waals surface area contributed by atoms with Crippen LogP contribution in [0, 0.1) is 17.0 Å². The number of fused-ring (bicyclic) bond motifs is 1. The molecule has 5 rings (SSSR count). The smallest absolute Gasteiger partial charge is 0.348 e. The largest absolute Gasteiger partial charge is 0.416 e. The summed E-state index contributed by atoms with van der Waals surface area (Å²) in [6.45, 7) is 2.01. The average Bonchev–Trinajstić information content (AvgIpc) is 3.34. The molecule has 0 radical (unpaired) electrons. The molecule has 0 spiro atoms. The maximum atomic E-state index is 13.4. The lowest BCUT2D eigenvalue weighted by atomic mass is 9.97. The van der Waals surface area contributed by atoms with Gasteiger partial charge in [0.2, 0.25) is 11.7 Å². The minimum absolute atomic E-state index is 0.0396. The van der Waals surface area contributed by atoms with Crippen LogP contribution in [0.4, 0.5) is 24.0 Å². The van der Waals surface area contributed by atoms with E-state index >= 15 is 0 Å². The van der Waals surface area contributed by atoms with Crippen molar-refractivity contribution >= 4 is 32.2 Å². The summed E-state index contributed by atoms with van der Waals surface area (Å²) in [4.78, 5) is 37.7. The number of piperidine rings is 1. The molecule has 0 atom stereocenters. The van der Waals surface area contributed by atoms with E-state index in [0.29, 0.717) is 43.7 Å². The molecule has 1 aliphatic heterocycles. The van der Waals surface area contributed by atoms with Gasteiger partial charge in [-0.1, -0.05) is 16.5 Å². The van der Waals surface area contributed by atoms with E-state index in [2.05, 4.69) is 20.1 Å².